The molecule has 1 aromatic heterocycles. The number of esters is 2. The molecule has 0 spiro atoms. The fourth-order valence-electron chi connectivity index (χ4n) is 3.18. The Balaban J connectivity index is 2.31. The molecule has 0 saturated carbocycles. The van der Waals surface area contributed by atoms with Crippen LogP contribution < -0.4 is 5.56 Å². The van der Waals surface area contributed by atoms with E-state index in [-0.39, 0.29) is 48.6 Å². The molecule has 0 fully saturated rings. The van der Waals surface area contributed by atoms with E-state index in [1.807, 2.05) is 0 Å². The minimum Gasteiger partial charge on any atom is -0.462 e. The van der Waals surface area contributed by atoms with Crippen LogP contribution in [0.4, 0.5) is 17.2 Å². The number of carbonyl (C=O) groups is 2. The smallest absolute Gasteiger partial charge is 0.354 e. The van der Waals surface area contributed by atoms with E-state index in [0.29, 0.717) is 17.7 Å². The molecular formula is C26H27N5O7. The molecule has 0 radical (unpaired) electrons. The molecule has 12 heteroatoms. The summed E-state index contributed by atoms with van der Waals surface area (Å²) in [7, 11) is 0. The summed E-state index contributed by atoms with van der Waals surface area (Å²) in [4.78, 5) is 47.0. The number of hydrogen-bond acceptors (Lipinski definition) is 10. The number of pyridine rings is 1. The third kappa shape index (κ3) is 7.54. The number of ether oxygens (including phenoxy) is 2. The van der Waals surface area contributed by atoms with E-state index in [1.165, 1.54) is 13.8 Å². The van der Waals surface area contributed by atoms with Gasteiger partial charge in [0, 0.05) is 29.6 Å². The molecule has 0 atom stereocenters. The van der Waals surface area contributed by atoms with Crippen LogP contribution in [0, 0.1) is 28.4 Å². The maximum Gasteiger partial charge on any atom is 0.354 e. The molecule has 12 nitrogen and oxygen atoms in total. The fourth-order valence-corrected chi connectivity index (χ4v) is 3.18. The van der Waals surface area contributed by atoms with Crippen LogP contribution in [0.25, 0.3) is 0 Å². The molecule has 0 saturated heterocycles. The summed E-state index contributed by atoms with van der Waals surface area (Å²) in [5, 5.41) is 29.5. The minimum atomic E-state index is -0.849. The second-order valence-electron chi connectivity index (χ2n) is 8.30. The van der Waals surface area contributed by atoms with Crippen molar-refractivity contribution >= 4 is 29.1 Å². The topological polar surface area (TPSA) is 166 Å². The normalized spacial score (nSPS) is 10.6. The Morgan fingerprint density at radius 3 is 2.18 bits per heavy atom. The zero-order chi connectivity index (χ0) is 28.4. The van der Waals surface area contributed by atoms with E-state index in [0.717, 1.165) is 10.1 Å². The van der Waals surface area contributed by atoms with Crippen LogP contribution in [0.3, 0.4) is 0 Å². The van der Waals surface area contributed by atoms with Crippen molar-refractivity contribution in [3.8, 4) is 6.07 Å². The van der Waals surface area contributed by atoms with Gasteiger partial charge in [-0.3, -0.25) is 0 Å². The third-order valence-electron chi connectivity index (χ3n) is 5.22. The molecule has 2 aromatic rings. The van der Waals surface area contributed by atoms with E-state index in [4.69, 9.17) is 9.47 Å². The monoisotopic (exact) mass is 521 g/mol. The Bertz CT molecular complexity index is 1400. The number of carbonyl (C=O) groups excluding carboxylic acids is 2. The average molecular weight is 522 g/mol. The molecule has 0 aliphatic heterocycles. The lowest BCUT2D eigenvalue weighted by atomic mass is 10.1. The highest BCUT2D eigenvalue weighted by Crippen LogP contribution is 2.33. The highest BCUT2D eigenvalue weighted by molar-refractivity contribution is 5.87. The summed E-state index contributed by atoms with van der Waals surface area (Å²) in [5.74, 6) is -1.72. The van der Waals surface area contributed by atoms with Crippen molar-refractivity contribution in [3.05, 3.63) is 85.7 Å². The van der Waals surface area contributed by atoms with Crippen LogP contribution in [0.5, 0.6) is 0 Å². The summed E-state index contributed by atoms with van der Waals surface area (Å²) in [6.45, 7) is 11.3. The van der Waals surface area contributed by atoms with E-state index in [2.05, 4.69) is 23.4 Å². The highest BCUT2D eigenvalue weighted by atomic mass is 16.6. The number of nitriles is 1. The van der Waals surface area contributed by atoms with Crippen LogP contribution in [0.2, 0.25) is 0 Å². The third-order valence-corrected chi connectivity index (χ3v) is 5.22. The van der Waals surface area contributed by atoms with Gasteiger partial charge in [-0.2, -0.15) is 14.9 Å². The Kier molecular flexibility index (Phi) is 10.3. The van der Waals surface area contributed by atoms with Gasteiger partial charge in [0.15, 0.2) is 5.69 Å². The first-order chi connectivity index (χ1) is 18.0. The molecular weight excluding hydrogens is 494 g/mol. The van der Waals surface area contributed by atoms with Gasteiger partial charge in [-0.15, -0.1) is 5.11 Å². The number of nitrogens with zero attached hydrogens (tertiary/aromatic N) is 5. The van der Waals surface area contributed by atoms with Gasteiger partial charge in [-0.05, 0) is 43.4 Å². The number of benzene rings is 1. The quantitative estimate of drug-likeness (QED) is 0.0981. The van der Waals surface area contributed by atoms with Gasteiger partial charge in [-0.25, -0.2) is 14.4 Å². The van der Waals surface area contributed by atoms with Gasteiger partial charge in [0.2, 0.25) is 0 Å². The largest absolute Gasteiger partial charge is 0.462 e. The van der Waals surface area contributed by atoms with E-state index >= 15 is 0 Å². The van der Waals surface area contributed by atoms with Crippen molar-refractivity contribution in [2.75, 3.05) is 13.2 Å². The predicted octanol–water partition coefficient (Wildman–Crippen LogP) is 4.52. The zero-order valence-corrected chi connectivity index (χ0v) is 21.4. The van der Waals surface area contributed by atoms with Crippen LogP contribution in [-0.4, -0.2) is 34.6 Å². The maximum atomic E-state index is 12.8. The molecule has 0 aliphatic rings. The standard InChI is InChI=1S/C26H27N5O7/c1-16(2)25(33)37-13-6-12-30-23(31(35)36)22(18(5)21(15-27)24(30)32)29-28-20-9-7-19(8-10-20)11-14-38-26(34)17(3)4/h7-10H,1,3,6,11-14H2,2,4-5H3. The van der Waals surface area contributed by atoms with Gasteiger partial charge in [0.25, 0.3) is 0 Å². The van der Waals surface area contributed by atoms with Gasteiger partial charge >= 0.3 is 23.3 Å². The molecule has 0 amide bonds. The van der Waals surface area contributed by atoms with Crippen molar-refractivity contribution < 1.29 is 24.0 Å². The second-order valence-corrected chi connectivity index (χ2v) is 8.30. The molecule has 2 rings (SSSR count). The van der Waals surface area contributed by atoms with Crippen molar-refractivity contribution in [2.45, 2.75) is 40.2 Å². The Morgan fingerprint density at radius 1 is 1.08 bits per heavy atom. The molecule has 0 aliphatic carbocycles. The maximum absolute atomic E-state index is 12.8. The number of nitro groups is 1. The Morgan fingerprint density at radius 2 is 1.66 bits per heavy atom. The Labute approximate surface area is 218 Å². The van der Waals surface area contributed by atoms with Gasteiger partial charge < -0.3 is 19.6 Å². The van der Waals surface area contributed by atoms with Crippen LogP contribution >= 0.6 is 0 Å². The van der Waals surface area contributed by atoms with Crippen molar-refractivity contribution in [1.82, 2.24) is 4.57 Å². The molecule has 0 unspecified atom stereocenters. The Hall–Kier alpha value is -4.92. The van der Waals surface area contributed by atoms with Gasteiger partial charge in [0.05, 0.1) is 25.4 Å². The number of rotatable bonds is 12. The van der Waals surface area contributed by atoms with E-state index < -0.39 is 28.2 Å². The van der Waals surface area contributed by atoms with Crippen LogP contribution in [0.1, 0.15) is 37.0 Å². The van der Waals surface area contributed by atoms with Crippen molar-refractivity contribution in [2.24, 2.45) is 10.2 Å². The first-order valence-electron chi connectivity index (χ1n) is 11.5. The van der Waals surface area contributed by atoms with Crippen LogP contribution in [-0.2, 0) is 32.0 Å². The summed E-state index contributed by atoms with van der Waals surface area (Å²) in [5.41, 5.74) is 0.355. The minimum absolute atomic E-state index is 0.0221. The SMILES string of the molecule is C=C(C)C(=O)OCCCn1c([N+](=O)[O-])c(N=Nc2ccc(CCOC(=O)C(=C)C)cc2)c(C)c(C#N)c1=O. The molecule has 198 valence electrons. The van der Waals surface area contributed by atoms with Crippen molar-refractivity contribution in [3.63, 3.8) is 0 Å². The van der Waals surface area contributed by atoms with Gasteiger partial charge in [-0.1, -0.05) is 25.3 Å². The lowest BCUT2D eigenvalue weighted by molar-refractivity contribution is -0.392. The second kappa shape index (κ2) is 13.4. The molecule has 0 bridgehead atoms. The molecule has 0 N–H and O–H groups in total. The molecule has 1 aromatic carbocycles. The van der Waals surface area contributed by atoms with Crippen molar-refractivity contribution in [1.29, 1.82) is 5.26 Å². The molecule has 38 heavy (non-hydrogen) atoms. The lowest BCUT2D eigenvalue weighted by Crippen LogP contribution is -2.27. The zero-order valence-electron chi connectivity index (χ0n) is 21.4. The number of aromatic nitrogens is 1. The highest BCUT2D eigenvalue weighted by Gasteiger charge is 2.28. The predicted molar refractivity (Wildman–Crippen MR) is 137 cm³/mol. The first-order valence-corrected chi connectivity index (χ1v) is 11.5. The first kappa shape index (κ1) is 29.3. The van der Waals surface area contributed by atoms with Crippen LogP contribution in [0.15, 0.2) is 63.6 Å². The number of hydrogen-bond donors (Lipinski definition) is 0. The number of azo groups is 1. The lowest BCUT2D eigenvalue weighted by Gasteiger charge is -2.11. The summed E-state index contributed by atoms with van der Waals surface area (Å²) in [6.07, 6.45) is 0.534. The summed E-state index contributed by atoms with van der Waals surface area (Å²) < 4.78 is 10.9. The average Bonchev–Trinajstić information content (AvgIpc) is 2.87. The molecule has 1 heterocycles. The summed E-state index contributed by atoms with van der Waals surface area (Å²) in [6, 6.07) is 8.49. The summed E-state index contributed by atoms with van der Waals surface area (Å²) >= 11 is 0. The van der Waals surface area contributed by atoms with E-state index in [9.17, 15) is 29.8 Å². The van der Waals surface area contributed by atoms with Gasteiger partial charge in [0.1, 0.15) is 11.6 Å². The fraction of sp³-hybridized carbons (Fsp3) is 0.308. The van der Waals surface area contributed by atoms with E-state index in [1.54, 1.807) is 37.3 Å².